The molecule has 0 saturated carbocycles. The molecule has 0 aliphatic rings. The molecule has 1 atom stereocenters. The number of carbonyl (C=O) groups is 2. The van der Waals surface area contributed by atoms with Crippen molar-refractivity contribution in [1.29, 1.82) is 0 Å². The van der Waals surface area contributed by atoms with Gasteiger partial charge in [0.1, 0.15) is 5.75 Å². The summed E-state index contributed by atoms with van der Waals surface area (Å²) in [6.45, 7) is 6.71. The van der Waals surface area contributed by atoms with Crippen molar-refractivity contribution in [2.45, 2.75) is 33.1 Å². The van der Waals surface area contributed by atoms with Crippen molar-refractivity contribution < 1.29 is 14.3 Å². The average molecular weight is 560 g/mol. The van der Waals surface area contributed by atoms with Crippen molar-refractivity contribution in [3.63, 3.8) is 0 Å². The molecule has 37 heavy (non-hydrogen) atoms. The van der Waals surface area contributed by atoms with E-state index in [9.17, 15) is 9.59 Å². The molecule has 0 bridgehead atoms. The molecular formula is C31H31BrN2O3. The Bertz CT molecular complexity index is 1400. The number of halogens is 1. The summed E-state index contributed by atoms with van der Waals surface area (Å²) < 4.78 is 6.54. The van der Waals surface area contributed by atoms with Crippen LogP contribution in [-0.4, -0.2) is 25.0 Å². The van der Waals surface area contributed by atoms with Crippen molar-refractivity contribution >= 4 is 49.9 Å². The SMILES string of the molecule is CCC(C)c1ccc(OCC(=O)Nc2ccc(C(=O)N(CC)c3cccc4ccccc34)cc2)c(Br)c1. The largest absolute Gasteiger partial charge is 0.483 e. The fraction of sp³-hybridized carbons (Fsp3) is 0.226. The van der Waals surface area contributed by atoms with Crippen molar-refractivity contribution in [3.05, 3.63) is 101 Å². The van der Waals surface area contributed by atoms with Crippen LogP contribution in [0, 0.1) is 0 Å². The van der Waals surface area contributed by atoms with Gasteiger partial charge in [0.2, 0.25) is 0 Å². The van der Waals surface area contributed by atoms with Crippen LogP contribution in [0.5, 0.6) is 5.75 Å². The number of nitrogens with zero attached hydrogens (tertiary/aromatic N) is 1. The van der Waals surface area contributed by atoms with Crippen LogP contribution in [-0.2, 0) is 4.79 Å². The van der Waals surface area contributed by atoms with Crippen LogP contribution >= 0.6 is 15.9 Å². The van der Waals surface area contributed by atoms with Gasteiger partial charge in [0, 0.05) is 23.2 Å². The molecule has 0 radical (unpaired) electrons. The third kappa shape index (κ3) is 6.20. The van der Waals surface area contributed by atoms with Gasteiger partial charge in [-0.2, -0.15) is 0 Å². The summed E-state index contributed by atoms with van der Waals surface area (Å²) in [6.07, 6.45) is 1.05. The van der Waals surface area contributed by atoms with Gasteiger partial charge in [-0.3, -0.25) is 9.59 Å². The second-order valence-corrected chi connectivity index (χ2v) is 9.82. The molecule has 0 aliphatic heterocycles. The van der Waals surface area contributed by atoms with E-state index in [-0.39, 0.29) is 18.4 Å². The van der Waals surface area contributed by atoms with Crippen molar-refractivity contribution in [2.24, 2.45) is 0 Å². The van der Waals surface area contributed by atoms with E-state index in [2.05, 4.69) is 35.1 Å². The average Bonchev–Trinajstić information content (AvgIpc) is 2.92. The van der Waals surface area contributed by atoms with Crippen LogP contribution in [0.2, 0.25) is 0 Å². The van der Waals surface area contributed by atoms with Crippen LogP contribution in [0.15, 0.2) is 89.4 Å². The van der Waals surface area contributed by atoms with Gasteiger partial charge in [-0.25, -0.2) is 0 Å². The molecule has 0 heterocycles. The zero-order valence-corrected chi connectivity index (χ0v) is 22.9. The van der Waals surface area contributed by atoms with Gasteiger partial charge in [-0.05, 0) is 88.6 Å². The number of carbonyl (C=O) groups excluding carboxylic acids is 2. The molecule has 0 spiro atoms. The molecular weight excluding hydrogens is 528 g/mol. The maximum absolute atomic E-state index is 13.3. The Kier molecular flexibility index (Phi) is 8.62. The number of anilines is 2. The predicted molar refractivity (Wildman–Crippen MR) is 155 cm³/mol. The molecule has 2 amide bonds. The Balaban J connectivity index is 1.39. The minimum atomic E-state index is -0.275. The number of ether oxygens (including phenoxy) is 1. The van der Waals surface area contributed by atoms with Crippen LogP contribution in [0.3, 0.4) is 0 Å². The molecule has 0 aromatic heterocycles. The molecule has 4 aromatic carbocycles. The first-order valence-corrected chi connectivity index (χ1v) is 13.3. The fourth-order valence-corrected chi connectivity index (χ4v) is 4.75. The lowest BCUT2D eigenvalue weighted by molar-refractivity contribution is -0.118. The molecule has 6 heteroatoms. The first kappa shape index (κ1) is 26.4. The normalized spacial score (nSPS) is 11.7. The zero-order chi connectivity index (χ0) is 26.4. The first-order chi connectivity index (χ1) is 17.9. The first-order valence-electron chi connectivity index (χ1n) is 12.5. The fourth-order valence-electron chi connectivity index (χ4n) is 4.24. The van der Waals surface area contributed by atoms with E-state index in [0.717, 1.165) is 27.4 Å². The van der Waals surface area contributed by atoms with E-state index in [1.54, 1.807) is 29.2 Å². The molecule has 190 valence electrons. The minimum Gasteiger partial charge on any atom is -0.483 e. The van der Waals surface area contributed by atoms with Crippen LogP contribution in [0.1, 0.15) is 49.0 Å². The van der Waals surface area contributed by atoms with Gasteiger partial charge < -0.3 is 15.0 Å². The number of hydrogen-bond donors (Lipinski definition) is 1. The maximum Gasteiger partial charge on any atom is 0.262 e. The van der Waals surface area contributed by atoms with E-state index in [0.29, 0.717) is 29.5 Å². The lowest BCUT2D eigenvalue weighted by Gasteiger charge is -2.23. The van der Waals surface area contributed by atoms with Gasteiger partial charge in [-0.15, -0.1) is 0 Å². The van der Waals surface area contributed by atoms with Crippen LogP contribution in [0.4, 0.5) is 11.4 Å². The summed E-state index contributed by atoms with van der Waals surface area (Å²) in [6, 6.07) is 26.9. The highest BCUT2D eigenvalue weighted by Gasteiger charge is 2.18. The topological polar surface area (TPSA) is 58.6 Å². The highest BCUT2D eigenvalue weighted by atomic mass is 79.9. The highest BCUT2D eigenvalue weighted by Crippen LogP contribution is 2.30. The van der Waals surface area contributed by atoms with Crippen molar-refractivity contribution in [1.82, 2.24) is 0 Å². The lowest BCUT2D eigenvalue weighted by Crippen LogP contribution is -2.30. The highest BCUT2D eigenvalue weighted by molar-refractivity contribution is 9.10. The second kappa shape index (κ2) is 12.1. The zero-order valence-electron chi connectivity index (χ0n) is 21.3. The Labute approximate surface area is 226 Å². The van der Waals surface area contributed by atoms with Crippen LogP contribution < -0.4 is 15.0 Å². The summed E-state index contributed by atoms with van der Waals surface area (Å²) in [5.74, 6) is 0.713. The minimum absolute atomic E-state index is 0.0919. The van der Waals surface area contributed by atoms with E-state index in [1.165, 1.54) is 5.56 Å². The predicted octanol–water partition coefficient (Wildman–Crippen LogP) is 7.80. The van der Waals surface area contributed by atoms with E-state index in [4.69, 9.17) is 4.74 Å². The van der Waals surface area contributed by atoms with Crippen molar-refractivity contribution in [2.75, 3.05) is 23.4 Å². The number of benzene rings is 4. The monoisotopic (exact) mass is 558 g/mol. The van der Waals surface area contributed by atoms with Gasteiger partial charge in [0.25, 0.3) is 11.8 Å². The molecule has 1 N–H and O–H groups in total. The molecule has 5 nitrogen and oxygen atoms in total. The maximum atomic E-state index is 13.3. The van der Waals surface area contributed by atoms with E-state index < -0.39 is 0 Å². The second-order valence-electron chi connectivity index (χ2n) is 8.96. The summed E-state index contributed by atoms with van der Waals surface area (Å²) >= 11 is 3.54. The molecule has 0 aliphatic carbocycles. The number of fused-ring (bicyclic) bond motifs is 1. The Morgan fingerprint density at radius 1 is 0.946 bits per heavy atom. The molecule has 4 aromatic rings. The van der Waals surface area contributed by atoms with Crippen molar-refractivity contribution in [3.8, 4) is 5.75 Å². The number of hydrogen-bond acceptors (Lipinski definition) is 3. The lowest BCUT2D eigenvalue weighted by atomic mass is 9.99. The van der Waals surface area contributed by atoms with Gasteiger partial charge >= 0.3 is 0 Å². The smallest absolute Gasteiger partial charge is 0.262 e. The summed E-state index contributed by atoms with van der Waals surface area (Å²) in [5.41, 5.74) is 3.25. The molecule has 4 rings (SSSR count). The Hall–Kier alpha value is -3.64. The summed E-state index contributed by atoms with van der Waals surface area (Å²) in [7, 11) is 0. The third-order valence-corrected chi connectivity index (χ3v) is 7.15. The third-order valence-electron chi connectivity index (χ3n) is 6.53. The number of nitrogens with one attached hydrogen (secondary N) is 1. The van der Waals surface area contributed by atoms with Gasteiger partial charge in [0.05, 0.1) is 10.2 Å². The summed E-state index contributed by atoms with van der Waals surface area (Å²) in [4.78, 5) is 27.6. The van der Waals surface area contributed by atoms with Crippen LogP contribution in [0.25, 0.3) is 10.8 Å². The quantitative estimate of drug-likeness (QED) is 0.228. The molecule has 0 fully saturated rings. The number of amides is 2. The van der Waals surface area contributed by atoms with Gasteiger partial charge in [0.15, 0.2) is 6.61 Å². The Morgan fingerprint density at radius 3 is 2.38 bits per heavy atom. The molecule has 0 saturated heterocycles. The van der Waals surface area contributed by atoms with E-state index in [1.807, 2.05) is 67.6 Å². The Morgan fingerprint density at radius 2 is 1.68 bits per heavy atom. The number of rotatable bonds is 9. The summed E-state index contributed by atoms with van der Waals surface area (Å²) in [5, 5.41) is 4.95. The van der Waals surface area contributed by atoms with E-state index >= 15 is 0 Å². The van der Waals surface area contributed by atoms with Gasteiger partial charge in [-0.1, -0.05) is 56.3 Å². The standard InChI is InChI=1S/C31H31BrN2O3/c1-4-21(3)24-15-18-29(27(32)19-24)37-20-30(35)33-25-16-13-23(14-17-25)31(36)34(5-2)28-12-8-10-22-9-6-7-11-26(22)28/h6-19,21H,4-5,20H2,1-3H3,(H,33,35). The molecule has 1 unspecified atom stereocenters.